The molecular formula is C12H18O2. The van der Waals surface area contributed by atoms with E-state index in [0.717, 1.165) is 0 Å². The highest BCUT2D eigenvalue weighted by Crippen LogP contribution is 2.72. The molecule has 78 valence electrons. The zero-order chi connectivity index (χ0) is 10.6. The van der Waals surface area contributed by atoms with Crippen molar-refractivity contribution in [2.45, 2.75) is 33.8 Å². The third-order valence-electron chi connectivity index (χ3n) is 4.28. The molecule has 1 aliphatic rings. The van der Waals surface area contributed by atoms with Gasteiger partial charge in [-0.3, -0.25) is 0 Å². The Balaban J connectivity index is 2.20. The van der Waals surface area contributed by atoms with E-state index in [2.05, 4.69) is 27.7 Å². The van der Waals surface area contributed by atoms with Gasteiger partial charge in [-0.15, -0.1) is 0 Å². The molecule has 1 aromatic rings. The Labute approximate surface area is 84.9 Å². The SMILES string of the molecule is CC1(C)C(C(O)c2ccco2)C1(C)C. The van der Waals surface area contributed by atoms with E-state index < -0.39 is 6.10 Å². The predicted molar refractivity (Wildman–Crippen MR) is 54.7 cm³/mol. The summed E-state index contributed by atoms with van der Waals surface area (Å²) in [6, 6.07) is 3.66. The standard InChI is InChI=1S/C12H18O2/c1-11(2)10(12(11,3)4)9(13)8-6-5-7-14-8/h5-7,9-10,13H,1-4H3. The lowest BCUT2D eigenvalue weighted by Crippen LogP contribution is -2.04. The molecule has 2 rings (SSSR count). The Morgan fingerprint density at radius 2 is 1.86 bits per heavy atom. The van der Waals surface area contributed by atoms with E-state index in [1.165, 1.54) is 0 Å². The van der Waals surface area contributed by atoms with Crippen LogP contribution in [0.25, 0.3) is 0 Å². The fourth-order valence-corrected chi connectivity index (χ4v) is 2.66. The zero-order valence-electron chi connectivity index (χ0n) is 9.24. The Hall–Kier alpha value is -0.760. The number of rotatable bonds is 2. The van der Waals surface area contributed by atoms with Crippen molar-refractivity contribution in [2.24, 2.45) is 16.7 Å². The van der Waals surface area contributed by atoms with Gasteiger partial charge in [0.25, 0.3) is 0 Å². The minimum absolute atomic E-state index is 0.194. The normalized spacial score (nSPS) is 26.1. The first kappa shape index (κ1) is 9.78. The molecule has 0 spiro atoms. The molecule has 0 saturated heterocycles. The van der Waals surface area contributed by atoms with Gasteiger partial charge in [0.05, 0.1) is 6.26 Å². The molecular weight excluding hydrogens is 176 g/mol. The van der Waals surface area contributed by atoms with Crippen molar-refractivity contribution >= 4 is 0 Å². The quantitative estimate of drug-likeness (QED) is 0.785. The van der Waals surface area contributed by atoms with E-state index in [1.807, 2.05) is 12.1 Å². The molecule has 0 aromatic carbocycles. The summed E-state index contributed by atoms with van der Waals surface area (Å²) in [7, 11) is 0. The summed E-state index contributed by atoms with van der Waals surface area (Å²) in [5, 5.41) is 10.1. The summed E-state index contributed by atoms with van der Waals surface area (Å²) in [5.74, 6) is 0.981. The Bertz CT molecular complexity index is 308. The summed E-state index contributed by atoms with van der Waals surface area (Å²) in [5.41, 5.74) is 0.387. The molecule has 1 unspecified atom stereocenters. The largest absolute Gasteiger partial charge is 0.467 e. The topological polar surface area (TPSA) is 33.4 Å². The van der Waals surface area contributed by atoms with Crippen molar-refractivity contribution in [2.75, 3.05) is 0 Å². The van der Waals surface area contributed by atoms with E-state index in [-0.39, 0.29) is 10.8 Å². The molecule has 1 aliphatic carbocycles. The third kappa shape index (κ3) is 1.07. The second-order valence-corrected chi connectivity index (χ2v) is 5.38. The summed E-state index contributed by atoms with van der Waals surface area (Å²) in [6.07, 6.45) is 1.15. The van der Waals surface area contributed by atoms with Crippen molar-refractivity contribution in [1.29, 1.82) is 0 Å². The van der Waals surface area contributed by atoms with Gasteiger partial charge in [-0.1, -0.05) is 27.7 Å². The molecule has 14 heavy (non-hydrogen) atoms. The Kier molecular flexibility index (Phi) is 1.84. The lowest BCUT2D eigenvalue weighted by molar-refractivity contribution is 0.106. The van der Waals surface area contributed by atoms with Crippen LogP contribution in [0.1, 0.15) is 39.6 Å². The predicted octanol–water partition coefficient (Wildman–Crippen LogP) is 3.00. The van der Waals surface area contributed by atoms with Crippen LogP contribution in [0.5, 0.6) is 0 Å². The monoisotopic (exact) mass is 194 g/mol. The molecule has 1 saturated carbocycles. The number of furan rings is 1. The molecule has 1 heterocycles. The molecule has 0 bridgehead atoms. The minimum atomic E-state index is -0.463. The summed E-state index contributed by atoms with van der Waals surface area (Å²) in [4.78, 5) is 0. The van der Waals surface area contributed by atoms with Crippen LogP contribution in [0.2, 0.25) is 0 Å². The molecule has 0 radical (unpaired) electrons. The van der Waals surface area contributed by atoms with Crippen LogP contribution in [-0.2, 0) is 0 Å². The van der Waals surface area contributed by atoms with Gasteiger partial charge in [0, 0.05) is 5.92 Å². The highest BCUT2D eigenvalue weighted by Gasteiger charge is 2.67. The van der Waals surface area contributed by atoms with Gasteiger partial charge < -0.3 is 9.52 Å². The average Bonchev–Trinajstić information content (AvgIpc) is 2.53. The molecule has 0 aliphatic heterocycles. The third-order valence-corrected chi connectivity index (χ3v) is 4.28. The summed E-state index contributed by atoms with van der Waals surface area (Å²) < 4.78 is 5.23. The van der Waals surface area contributed by atoms with E-state index in [0.29, 0.717) is 11.7 Å². The van der Waals surface area contributed by atoms with Crippen LogP contribution in [0.4, 0.5) is 0 Å². The zero-order valence-corrected chi connectivity index (χ0v) is 9.24. The van der Waals surface area contributed by atoms with Crippen LogP contribution < -0.4 is 0 Å². The first-order valence-corrected chi connectivity index (χ1v) is 5.10. The number of aliphatic hydroxyl groups is 1. The van der Waals surface area contributed by atoms with E-state index in [4.69, 9.17) is 4.42 Å². The molecule has 2 nitrogen and oxygen atoms in total. The lowest BCUT2D eigenvalue weighted by Gasteiger charge is -2.09. The smallest absolute Gasteiger partial charge is 0.132 e. The van der Waals surface area contributed by atoms with Gasteiger partial charge in [-0.2, -0.15) is 0 Å². The van der Waals surface area contributed by atoms with Crippen LogP contribution in [-0.4, -0.2) is 5.11 Å². The van der Waals surface area contributed by atoms with Crippen LogP contribution >= 0.6 is 0 Å². The fraction of sp³-hybridized carbons (Fsp3) is 0.667. The van der Waals surface area contributed by atoms with E-state index in [1.54, 1.807) is 6.26 Å². The molecule has 0 amide bonds. The van der Waals surface area contributed by atoms with Gasteiger partial charge in [0.15, 0.2) is 0 Å². The Morgan fingerprint density at radius 3 is 2.21 bits per heavy atom. The average molecular weight is 194 g/mol. The number of hydrogen-bond acceptors (Lipinski definition) is 2. The summed E-state index contributed by atoms with van der Waals surface area (Å²) >= 11 is 0. The van der Waals surface area contributed by atoms with Crippen molar-refractivity contribution in [1.82, 2.24) is 0 Å². The first-order valence-electron chi connectivity index (χ1n) is 5.10. The highest BCUT2D eigenvalue weighted by atomic mass is 16.4. The minimum Gasteiger partial charge on any atom is -0.467 e. The second kappa shape index (κ2) is 2.63. The van der Waals surface area contributed by atoms with Gasteiger partial charge >= 0.3 is 0 Å². The highest BCUT2D eigenvalue weighted by molar-refractivity contribution is 5.19. The van der Waals surface area contributed by atoms with Gasteiger partial charge in [0.2, 0.25) is 0 Å². The molecule has 1 fully saturated rings. The van der Waals surface area contributed by atoms with Crippen LogP contribution in [0, 0.1) is 16.7 Å². The van der Waals surface area contributed by atoms with E-state index in [9.17, 15) is 5.11 Å². The number of hydrogen-bond donors (Lipinski definition) is 1. The maximum Gasteiger partial charge on any atom is 0.132 e. The number of aliphatic hydroxyl groups excluding tert-OH is 1. The molecule has 2 heteroatoms. The summed E-state index contributed by atoms with van der Waals surface area (Å²) in [6.45, 7) is 8.79. The lowest BCUT2D eigenvalue weighted by atomic mass is 10.0. The first-order chi connectivity index (χ1) is 6.39. The second-order valence-electron chi connectivity index (χ2n) is 5.38. The van der Waals surface area contributed by atoms with Gasteiger partial charge in [-0.05, 0) is 23.0 Å². The Morgan fingerprint density at radius 1 is 1.29 bits per heavy atom. The van der Waals surface area contributed by atoms with E-state index >= 15 is 0 Å². The van der Waals surface area contributed by atoms with Crippen molar-refractivity contribution in [3.8, 4) is 0 Å². The van der Waals surface area contributed by atoms with Crippen molar-refractivity contribution in [3.63, 3.8) is 0 Å². The van der Waals surface area contributed by atoms with Gasteiger partial charge in [0.1, 0.15) is 11.9 Å². The maximum atomic E-state index is 10.1. The van der Waals surface area contributed by atoms with Crippen molar-refractivity contribution in [3.05, 3.63) is 24.2 Å². The fourth-order valence-electron chi connectivity index (χ4n) is 2.66. The van der Waals surface area contributed by atoms with Crippen molar-refractivity contribution < 1.29 is 9.52 Å². The molecule has 1 N–H and O–H groups in total. The van der Waals surface area contributed by atoms with Crippen LogP contribution in [0.3, 0.4) is 0 Å². The molecule has 1 atom stereocenters. The maximum absolute atomic E-state index is 10.1. The molecule has 1 aromatic heterocycles. The van der Waals surface area contributed by atoms with Gasteiger partial charge in [-0.25, -0.2) is 0 Å². The van der Waals surface area contributed by atoms with Crippen LogP contribution in [0.15, 0.2) is 22.8 Å².